The highest BCUT2D eigenvalue weighted by Crippen LogP contribution is 2.37. The molecule has 1 aliphatic rings. The molecule has 1 saturated heterocycles. The molecule has 150 valence electrons. The van der Waals surface area contributed by atoms with Gasteiger partial charge in [-0.05, 0) is 63.6 Å². The molecule has 0 bridgehead atoms. The molecule has 0 radical (unpaired) electrons. The van der Waals surface area contributed by atoms with Crippen LogP contribution >= 0.6 is 30.3 Å². The van der Waals surface area contributed by atoms with Gasteiger partial charge in [0.15, 0.2) is 0 Å². The predicted octanol–water partition coefficient (Wildman–Crippen LogP) is 6.94. The Labute approximate surface area is 179 Å². The number of hydrogen-bond donors (Lipinski definition) is 0. The summed E-state index contributed by atoms with van der Waals surface area (Å²) in [6.45, 7) is 13.4. The summed E-state index contributed by atoms with van der Waals surface area (Å²) in [6, 6.07) is 6.67. The fourth-order valence-electron chi connectivity index (χ4n) is 3.42. The van der Waals surface area contributed by atoms with Crippen LogP contribution in [0.4, 0.5) is 4.79 Å². The van der Waals surface area contributed by atoms with Crippen LogP contribution < -0.4 is 0 Å². The van der Waals surface area contributed by atoms with Crippen LogP contribution in [0.5, 0.6) is 0 Å². The van der Waals surface area contributed by atoms with Crippen LogP contribution in [0.1, 0.15) is 64.5 Å². The average Bonchev–Trinajstić information content (AvgIpc) is 3.00. The Morgan fingerprint density at radius 3 is 2.41 bits per heavy atom. The molecule has 0 atom stereocenters. The Kier molecular flexibility index (Phi) is 7.92. The molecule has 2 heterocycles. The first-order chi connectivity index (χ1) is 12.8. The number of ether oxygens (including phenoxy) is 1. The topological polar surface area (TPSA) is 34.5 Å². The molecule has 0 saturated carbocycles. The Bertz CT molecular complexity index is 774. The van der Waals surface area contributed by atoms with Gasteiger partial charge >= 0.3 is 6.09 Å². The highest BCUT2D eigenvalue weighted by Gasteiger charge is 2.29. The maximum Gasteiger partial charge on any atom is 0.410 e. The molecule has 27 heavy (non-hydrogen) atoms. The number of halogens is 1. The monoisotopic (exact) mass is 502 g/mol. The van der Waals surface area contributed by atoms with E-state index < -0.39 is 5.60 Å². The number of aromatic nitrogens is 1. The summed E-state index contributed by atoms with van der Waals surface area (Å²) >= 11 is 2.33. The Balaban J connectivity index is 0.00000126. The highest BCUT2D eigenvalue weighted by atomic mass is 127. The van der Waals surface area contributed by atoms with Gasteiger partial charge in [-0.1, -0.05) is 26.0 Å². The number of nitrogens with zero attached hydrogens (tertiary/aromatic N) is 2. The van der Waals surface area contributed by atoms with Gasteiger partial charge in [0.1, 0.15) is 5.60 Å². The normalized spacial score (nSPS) is 15.4. The number of fused-ring (bicyclic) bond motifs is 1. The van der Waals surface area contributed by atoms with Crippen molar-refractivity contribution in [3.8, 4) is 0 Å². The number of likely N-dealkylation sites (tertiary alicyclic amines) is 1. The molecule has 0 aliphatic carbocycles. The van der Waals surface area contributed by atoms with E-state index in [1.54, 1.807) is 9.12 Å². The molecule has 1 aliphatic heterocycles. The molecular weight excluding hydrogens is 471 g/mol. The minimum absolute atomic E-state index is 0.188. The fourth-order valence-corrected chi connectivity index (χ4v) is 4.77. The number of hydrogen-bond acceptors (Lipinski definition) is 3. The van der Waals surface area contributed by atoms with E-state index in [1.807, 2.05) is 39.5 Å². The summed E-state index contributed by atoms with van der Waals surface area (Å²) in [4.78, 5) is 14.1. The van der Waals surface area contributed by atoms with Gasteiger partial charge < -0.3 is 9.64 Å². The first-order valence-electron chi connectivity index (χ1n) is 9.67. The zero-order chi connectivity index (χ0) is 20.2. The van der Waals surface area contributed by atoms with Crippen molar-refractivity contribution in [2.24, 2.45) is 0 Å². The van der Waals surface area contributed by atoms with Gasteiger partial charge in [-0.3, -0.25) is 3.97 Å². The molecule has 0 N–H and O–H groups in total. The second-order valence-electron chi connectivity index (χ2n) is 7.74. The Morgan fingerprint density at radius 1 is 1.22 bits per heavy atom. The number of carbonyl (C=O) groups excluding carboxylic acids is 1. The number of amides is 1. The maximum absolute atomic E-state index is 12.3. The van der Waals surface area contributed by atoms with Gasteiger partial charge in [0.05, 0.1) is 5.52 Å². The number of rotatable bonds is 2. The lowest BCUT2D eigenvalue weighted by Crippen LogP contribution is -2.41. The lowest BCUT2D eigenvalue weighted by atomic mass is 9.89. The minimum atomic E-state index is -0.434. The predicted molar refractivity (Wildman–Crippen MR) is 125 cm³/mol. The van der Waals surface area contributed by atoms with E-state index in [9.17, 15) is 4.79 Å². The van der Waals surface area contributed by atoms with Crippen LogP contribution in [0.3, 0.4) is 0 Å². The van der Waals surface area contributed by atoms with Gasteiger partial charge in [-0.2, -0.15) is 0 Å². The SMILES string of the molecule is CC.Cc1ccc2c(C3CCN(C(=O)OC(C)(C)C)CC3)cn(SI)c2c1. The van der Waals surface area contributed by atoms with Crippen molar-refractivity contribution in [3.05, 3.63) is 35.5 Å². The lowest BCUT2D eigenvalue weighted by Gasteiger charge is -2.33. The minimum Gasteiger partial charge on any atom is -0.444 e. The molecular formula is C21H31IN2O2S. The third-order valence-electron chi connectivity index (χ3n) is 4.62. The Morgan fingerprint density at radius 2 is 1.85 bits per heavy atom. The van der Waals surface area contributed by atoms with Crippen LogP contribution in [-0.2, 0) is 4.74 Å². The van der Waals surface area contributed by atoms with Crippen molar-refractivity contribution >= 4 is 47.3 Å². The molecule has 2 aromatic rings. The van der Waals surface area contributed by atoms with E-state index in [0.29, 0.717) is 5.92 Å². The first kappa shape index (κ1) is 22.4. The van der Waals surface area contributed by atoms with Crippen LogP contribution in [0.25, 0.3) is 10.9 Å². The van der Waals surface area contributed by atoms with E-state index in [-0.39, 0.29) is 6.09 Å². The van der Waals surface area contributed by atoms with Crippen LogP contribution in [0, 0.1) is 6.92 Å². The third kappa shape index (κ3) is 5.56. The largest absolute Gasteiger partial charge is 0.444 e. The van der Waals surface area contributed by atoms with Gasteiger partial charge in [-0.15, -0.1) is 0 Å². The summed E-state index contributed by atoms with van der Waals surface area (Å²) in [6.07, 6.45) is 4.05. The van der Waals surface area contributed by atoms with Crippen molar-refractivity contribution in [1.82, 2.24) is 8.87 Å². The fraction of sp³-hybridized carbons (Fsp3) is 0.571. The molecule has 0 spiro atoms. The lowest BCUT2D eigenvalue weighted by molar-refractivity contribution is 0.0205. The molecule has 1 amide bonds. The van der Waals surface area contributed by atoms with Gasteiger partial charge in [0, 0.05) is 55.0 Å². The molecule has 4 nitrogen and oxygen atoms in total. The van der Waals surface area contributed by atoms with Crippen molar-refractivity contribution in [1.29, 1.82) is 0 Å². The van der Waals surface area contributed by atoms with Gasteiger partial charge in [-0.25, -0.2) is 4.79 Å². The van der Waals surface area contributed by atoms with Crippen LogP contribution in [0.15, 0.2) is 24.4 Å². The van der Waals surface area contributed by atoms with Crippen LogP contribution in [0.2, 0.25) is 0 Å². The second-order valence-corrected chi connectivity index (χ2v) is 9.45. The molecule has 6 heteroatoms. The third-order valence-corrected chi connectivity index (χ3v) is 6.34. The Hall–Kier alpha value is -0.890. The van der Waals surface area contributed by atoms with E-state index in [2.05, 4.69) is 56.5 Å². The first-order valence-corrected chi connectivity index (χ1v) is 13.0. The molecule has 1 fully saturated rings. The zero-order valence-corrected chi connectivity index (χ0v) is 20.2. The quantitative estimate of drug-likeness (QED) is 0.418. The second kappa shape index (κ2) is 9.54. The van der Waals surface area contributed by atoms with E-state index in [4.69, 9.17) is 4.74 Å². The highest BCUT2D eigenvalue weighted by molar-refractivity contribution is 14.2. The molecule has 0 unspecified atom stereocenters. The van der Waals surface area contributed by atoms with Crippen molar-refractivity contribution in [2.75, 3.05) is 13.1 Å². The molecule has 3 rings (SSSR count). The summed E-state index contributed by atoms with van der Waals surface area (Å²) < 4.78 is 7.75. The summed E-state index contributed by atoms with van der Waals surface area (Å²) in [5.74, 6) is 0.494. The zero-order valence-electron chi connectivity index (χ0n) is 17.2. The van der Waals surface area contributed by atoms with E-state index in [1.165, 1.54) is 22.0 Å². The van der Waals surface area contributed by atoms with Crippen molar-refractivity contribution in [3.63, 3.8) is 0 Å². The molecule has 1 aromatic carbocycles. The number of piperidine rings is 1. The average molecular weight is 502 g/mol. The van der Waals surface area contributed by atoms with E-state index >= 15 is 0 Å². The summed E-state index contributed by atoms with van der Waals surface area (Å²) in [5, 5.41) is 1.34. The molecule has 1 aromatic heterocycles. The standard InChI is InChI=1S/C19H25IN2O2S.C2H6/c1-13-5-6-15-16(12-22(25-20)17(15)11-13)14-7-9-21(10-8-14)18(23)24-19(2,3)4;1-2/h5-6,11-12,14H,7-10H2,1-4H3;1-2H3. The maximum atomic E-state index is 12.3. The van der Waals surface area contributed by atoms with Gasteiger partial charge in [0.2, 0.25) is 0 Å². The number of carbonyl (C=O) groups is 1. The smallest absolute Gasteiger partial charge is 0.410 e. The number of benzene rings is 1. The van der Waals surface area contributed by atoms with Gasteiger partial charge in [0.25, 0.3) is 0 Å². The van der Waals surface area contributed by atoms with Crippen molar-refractivity contribution < 1.29 is 9.53 Å². The summed E-state index contributed by atoms with van der Waals surface area (Å²) in [5.41, 5.74) is 3.53. The van der Waals surface area contributed by atoms with Crippen LogP contribution in [-0.4, -0.2) is 33.7 Å². The summed E-state index contributed by atoms with van der Waals surface area (Å²) in [7, 11) is 1.71. The van der Waals surface area contributed by atoms with E-state index in [0.717, 1.165) is 25.9 Å². The van der Waals surface area contributed by atoms with Crippen molar-refractivity contribution in [2.45, 2.75) is 65.9 Å². The number of aryl methyl sites for hydroxylation is 1.